The molecule has 4 rings (SSSR count). The quantitative estimate of drug-likeness (QED) is 0.277. The average molecular weight is 523 g/mol. The number of Topliss-reactive ketones (excluding diaryl/α,β-unsaturated/α-hetero) is 1. The largest absolute Gasteiger partial charge is 0.378 e. The molecule has 7 heteroatoms. The van der Waals surface area contributed by atoms with E-state index in [1.54, 1.807) is 73.7 Å². The molecule has 4 aromatic rings. The van der Waals surface area contributed by atoms with Crippen LogP contribution in [-0.2, 0) is 21.1 Å². The van der Waals surface area contributed by atoms with Crippen LogP contribution >= 0.6 is 0 Å². The number of ketones is 2. The minimum atomic E-state index is -3.29. The van der Waals surface area contributed by atoms with Crippen LogP contribution in [0.2, 0.25) is 0 Å². The zero-order valence-corrected chi connectivity index (χ0v) is 21.7. The van der Waals surface area contributed by atoms with Gasteiger partial charge in [0, 0.05) is 23.2 Å². The van der Waals surface area contributed by atoms with Crippen molar-refractivity contribution in [3.63, 3.8) is 0 Å². The Kier molecular flexibility index (Phi) is 8.15. The first-order chi connectivity index (χ1) is 18.3. The molecule has 4 aromatic carbocycles. The van der Waals surface area contributed by atoms with E-state index in [1.165, 1.54) is 12.1 Å². The normalized spacial score (nSPS) is 10.9. The van der Waals surface area contributed by atoms with E-state index in [4.69, 9.17) is 0 Å². The Labute approximate surface area is 222 Å². The highest BCUT2D eigenvalue weighted by molar-refractivity contribution is 7.91. The van der Waals surface area contributed by atoms with Crippen LogP contribution in [0.15, 0.2) is 102 Å². The summed E-state index contributed by atoms with van der Waals surface area (Å²) in [6.45, 7) is 1.63. The van der Waals surface area contributed by atoms with E-state index in [0.29, 0.717) is 27.9 Å². The minimum Gasteiger partial charge on any atom is -0.378 e. The Morgan fingerprint density at radius 1 is 0.868 bits per heavy atom. The summed E-state index contributed by atoms with van der Waals surface area (Å²) in [6.07, 6.45) is 0.147. The number of carbonyl (C=O) groups is 2. The maximum Gasteiger partial charge on any atom is 0.193 e. The summed E-state index contributed by atoms with van der Waals surface area (Å²) < 4.78 is 24.0. The van der Waals surface area contributed by atoms with Gasteiger partial charge in [-0.15, -0.1) is 0 Å². The number of nitrogens with one attached hydrogen (secondary N) is 1. The van der Waals surface area contributed by atoms with Gasteiger partial charge in [0.2, 0.25) is 0 Å². The first kappa shape index (κ1) is 26.5. The summed E-state index contributed by atoms with van der Waals surface area (Å²) in [5.41, 5.74) is 4.26. The van der Waals surface area contributed by atoms with E-state index in [-0.39, 0.29) is 35.2 Å². The van der Waals surface area contributed by atoms with Gasteiger partial charge in [-0.1, -0.05) is 67.6 Å². The molecular formula is C31H26N2O4S. The van der Waals surface area contributed by atoms with E-state index < -0.39 is 9.84 Å². The fourth-order valence-electron chi connectivity index (χ4n) is 4.07. The molecule has 0 amide bonds. The molecular weight excluding hydrogens is 496 g/mol. The lowest BCUT2D eigenvalue weighted by atomic mass is 9.92. The van der Waals surface area contributed by atoms with E-state index in [0.717, 1.165) is 11.1 Å². The lowest BCUT2D eigenvalue weighted by Crippen LogP contribution is -2.16. The summed E-state index contributed by atoms with van der Waals surface area (Å²) >= 11 is 0. The van der Waals surface area contributed by atoms with Crippen LogP contribution < -0.4 is 5.32 Å². The first-order valence-electron chi connectivity index (χ1n) is 12.1. The second-order valence-corrected chi connectivity index (χ2v) is 11.0. The van der Waals surface area contributed by atoms with Gasteiger partial charge in [0.15, 0.2) is 21.4 Å². The molecule has 0 bridgehead atoms. The fourth-order valence-corrected chi connectivity index (χ4v) is 4.95. The molecule has 0 saturated heterocycles. The van der Waals surface area contributed by atoms with Crippen LogP contribution in [0.25, 0.3) is 11.1 Å². The van der Waals surface area contributed by atoms with Crippen LogP contribution in [0.3, 0.4) is 0 Å². The Morgan fingerprint density at radius 3 is 2.29 bits per heavy atom. The highest BCUT2D eigenvalue weighted by Crippen LogP contribution is 2.29. The van der Waals surface area contributed by atoms with Crippen molar-refractivity contribution in [1.29, 1.82) is 5.26 Å². The summed E-state index contributed by atoms with van der Waals surface area (Å²) in [4.78, 5) is 26.3. The third kappa shape index (κ3) is 6.23. The molecule has 0 heterocycles. The van der Waals surface area contributed by atoms with E-state index in [2.05, 4.69) is 11.4 Å². The molecule has 190 valence electrons. The Balaban J connectivity index is 1.54. The summed E-state index contributed by atoms with van der Waals surface area (Å²) in [7, 11) is -3.29. The molecule has 0 spiro atoms. The van der Waals surface area contributed by atoms with Gasteiger partial charge in [-0.25, -0.2) is 8.42 Å². The van der Waals surface area contributed by atoms with E-state index >= 15 is 0 Å². The molecule has 1 N–H and O–H groups in total. The topological polar surface area (TPSA) is 104 Å². The molecule has 0 fully saturated rings. The SMILES string of the molecule is CCS(=O)(=O)c1ccc(CC(=O)CNc2ccc(-c3cccc(C#N)c3)c(C(=O)c3ccccc3)c2)cc1. The lowest BCUT2D eigenvalue weighted by molar-refractivity contribution is -0.116. The predicted molar refractivity (Wildman–Crippen MR) is 148 cm³/mol. The highest BCUT2D eigenvalue weighted by atomic mass is 32.2. The molecule has 0 saturated carbocycles. The maximum atomic E-state index is 13.4. The van der Waals surface area contributed by atoms with Gasteiger partial charge in [-0.05, 0) is 53.1 Å². The lowest BCUT2D eigenvalue weighted by Gasteiger charge is -2.13. The van der Waals surface area contributed by atoms with Gasteiger partial charge in [0.1, 0.15) is 0 Å². The van der Waals surface area contributed by atoms with Gasteiger partial charge in [-0.3, -0.25) is 9.59 Å². The van der Waals surface area contributed by atoms with Crippen LogP contribution in [0.1, 0.15) is 34.0 Å². The van der Waals surface area contributed by atoms with Gasteiger partial charge in [0.05, 0.1) is 28.8 Å². The van der Waals surface area contributed by atoms with Crippen molar-refractivity contribution in [3.8, 4) is 17.2 Å². The van der Waals surface area contributed by atoms with Gasteiger partial charge in [0.25, 0.3) is 0 Å². The van der Waals surface area contributed by atoms with Crippen molar-refractivity contribution in [2.24, 2.45) is 0 Å². The zero-order valence-electron chi connectivity index (χ0n) is 20.8. The third-order valence-electron chi connectivity index (χ3n) is 6.16. The van der Waals surface area contributed by atoms with Crippen molar-refractivity contribution >= 4 is 27.1 Å². The van der Waals surface area contributed by atoms with Gasteiger partial charge >= 0.3 is 0 Å². The van der Waals surface area contributed by atoms with Crippen LogP contribution in [0, 0.1) is 11.3 Å². The van der Waals surface area contributed by atoms with Crippen LogP contribution in [0.4, 0.5) is 5.69 Å². The Bertz CT molecular complexity index is 1620. The van der Waals surface area contributed by atoms with Crippen LogP contribution in [-0.4, -0.2) is 32.3 Å². The van der Waals surface area contributed by atoms with E-state index in [9.17, 15) is 23.3 Å². The van der Waals surface area contributed by atoms with Crippen molar-refractivity contribution < 1.29 is 18.0 Å². The van der Waals surface area contributed by atoms with Crippen molar-refractivity contribution in [2.75, 3.05) is 17.6 Å². The number of anilines is 1. The monoisotopic (exact) mass is 522 g/mol. The molecule has 0 aliphatic carbocycles. The van der Waals surface area contributed by atoms with Crippen molar-refractivity contribution in [2.45, 2.75) is 18.2 Å². The number of sulfone groups is 1. The standard InChI is InChI=1S/C31H26N2O4S/c1-2-38(36,37)28-14-11-22(12-15-28)18-27(34)21-33-26-13-16-29(25-10-6-7-23(17-25)20-32)30(19-26)31(35)24-8-4-3-5-9-24/h3-17,19,33H,2,18,21H2,1H3. The van der Waals surface area contributed by atoms with Gasteiger partial charge < -0.3 is 5.32 Å². The number of nitrogens with zero attached hydrogens (tertiary/aromatic N) is 1. The molecule has 0 aliphatic rings. The molecule has 0 aromatic heterocycles. The summed E-state index contributed by atoms with van der Waals surface area (Å²) in [5, 5.41) is 12.4. The number of carbonyl (C=O) groups excluding carboxylic acids is 2. The fraction of sp³-hybridized carbons (Fsp3) is 0.129. The zero-order chi connectivity index (χ0) is 27.1. The van der Waals surface area contributed by atoms with Gasteiger partial charge in [-0.2, -0.15) is 5.26 Å². The van der Waals surface area contributed by atoms with Crippen LogP contribution in [0.5, 0.6) is 0 Å². The number of rotatable bonds is 10. The molecule has 0 aliphatic heterocycles. The highest BCUT2D eigenvalue weighted by Gasteiger charge is 2.17. The average Bonchev–Trinajstić information content (AvgIpc) is 2.96. The molecule has 0 unspecified atom stereocenters. The Hall–Kier alpha value is -4.54. The third-order valence-corrected chi connectivity index (χ3v) is 7.91. The number of nitriles is 1. The van der Waals surface area contributed by atoms with Crippen molar-refractivity contribution in [1.82, 2.24) is 0 Å². The maximum absolute atomic E-state index is 13.4. The number of benzene rings is 4. The second kappa shape index (κ2) is 11.7. The number of hydrogen-bond donors (Lipinski definition) is 1. The molecule has 0 atom stereocenters. The predicted octanol–water partition coefficient (Wildman–Crippen LogP) is 5.47. The molecule has 0 radical (unpaired) electrons. The minimum absolute atomic E-state index is 0.0203. The number of hydrogen-bond acceptors (Lipinski definition) is 6. The summed E-state index contributed by atoms with van der Waals surface area (Å²) in [6, 6.07) is 29.8. The summed E-state index contributed by atoms with van der Waals surface area (Å²) in [5.74, 6) is -0.232. The molecule has 38 heavy (non-hydrogen) atoms. The molecule has 6 nitrogen and oxygen atoms in total. The second-order valence-electron chi connectivity index (χ2n) is 8.76. The van der Waals surface area contributed by atoms with Crippen molar-refractivity contribution in [3.05, 3.63) is 119 Å². The van der Waals surface area contributed by atoms with E-state index in [1.807, 2.05) is 18.2 Å². The first-order valence-corrected chi connectivity index (χ1v) is 13.8. The Morgan fingerprint density at radius 2 is 1.61 bits per heavy atom. The smallest absolute Gasteiger partial charge is 0.193 e.